The lowest BCUT2D eigenvalue weighted by Crippen LogP contribution is -2.38. The van der Waals surface area contributed by atoms with Gasteiger partial charge in [0, 0.05) is 20.0 Å². The van der Waals surface area contributed by atoms with E-state index in [2.05, 4.69) is 9.97 Å². The molecule has 2 aromatic heterocycles. The SMILES string of the molecule is CCOC(=O)C(C)(C)Sc1nc(C2CC2)nc2c1c(=O)n(C)c(=O)n2C. The van der Waals surface area contributed by atoms with Gasteiger partial charge in [-0.25, -0.2) is 14.8 Å². The van der Waals surface area contributed by atoms with Crippen molar-refractivity contribution in [1.82, 2.24) is 19.1 Å². The van der Waals surface area contributed by atoms with E-state index in [9.17, 15) is 14.4 Å². The van der Waals surface area contributed by atoms with Crippen LogP contribution in [-0.2, 0) is 23.6 Å². The monoisotopic (exact) mass is 378 g/mol. The lowest BCUT2D eigenvalue weighted by atomic mass is 10.2. The molecule has 0 unspecified atom stereocenters. The highest BCUT2D eigenvalue weighted by atomic mass is 32.2. The smallest absolute Gasteiger partial charge is 0.332 e. The van der Waals surface area contributed by atoms with E-state index in [4.69, 9.17) is 4.74 Å². The minimum atomic E-state index is -0.933. The van der Waals surface area contributed by atoms with Gasteiger partial charge in [0.1, 0.15) is 21.0 Å². The van der Waals surface area contributed by atoms with Gasteiger partial charge in [0.25, 0.3) is 5.56 Å². The molecule has 1 aliphatic carbocycles. The van der Waals surface area contributed by atoms with Crippen LogP contribution in [0.4, 0.5) is 0 Å². The number of aromatic nitrogens is 4. The lowest BCUT2D eigenvalue weighted by molar-refractivity contribution is -0.145. The summed E-state index contributed by atoms with van der Waals surface area (Å²) in [4.78, 5) is 46.4. The number of esters is 1. The van der Waals surface area contributed by atoms with Crippen molar-refractivity contribution in [2.75, 3.05) is 6.61 Å². The third kappa shape index (κ3) is 3.15. The number of aryl methyl sites for hydroxylation is 1. The van der Waals surface area contributed by atoms with Crippen molar-refractivity contribution in [3.05, 3.63) is 26.7 Å². The molecule has 0 atom stereocenters. The number of carbonyl (C=O) groups excluding carboxylic acids is 1. The van der Waals surface area contributed by atoms with E-state index in [1.54, 1.807) is 27.8 Å². The number of ether oxygens (including phenoxy) is 1. The summed E-state index contributed by atoms with van der Waals surface area (Å²) in [6.45, 7) is 5.48. The Balaban J connectivity index is 2.25. The first-order chi connectivity index (χ1) is 12.2. The van der Waals surface area contributed by atoms with Crippen LogP contribution in [0.1, 0.15) is 45.4 Å². The molecule has 140 valence electrons. The molecule has 3 rings (SSSR count). The second-order valence-corrected chi connectivity index (χ2v) is 8.51. The molecule has 1 saturated carbocycles. The third-order valence-corrected chi connectivity index (χ3v) is 5.51. The molecule has 0 N–H and O–H groups in total. The van der Waals surface area contributed by atoms with Crippen LogP contribution in [-0.4, -0.2) is 36.4 Å². The summed E-state index contributed by atoms with van der Waals surface area (Å²) in [7, 11) is 3.00. The van der Waals surface area contributed by atoms with Gasteiger partial charge < -0.3 is 4.74 Å². The molecule has 0 saturated heterocycles. The highest BCUT2D eigenvalue weighted by molar-refractivity contribution is 8.01. The maximum absolute atomic E-state index is 12.7. The van der Waals surface area contributed by atoms with E-state index < -0.39 is 16.0 Å². The molecule has 0 aromatic carbocycles. The normalized spacial score (nSPS) is 14.7. The Bertz CT molecular complexity index is 1000. The topological polar surface area (TPSA) is 96.1 Å². The number of carbonyl (C=O) groups is 1. The number of thioether (sulfide) groups is 1. The second kappa shape index (κ2) is 6.53. The predicted octanol–water partition coefficient (Wildman–Crippen LogP) is 1.34. The Labute approximate surface area is 154 Å². The summed E-state index contributed by atoms with van der Waals surface area (Å²) in [5.41, 5.74) is -0.603. The molecule has 0 radical (unpaired) electrons. The quantitative estimate of drug-likeness (QED) is 0.440. The molecule has 26 heavy (non-hydrogen) atoms. The van der Waals surface area contributed by atoms with Crippen molar-refractivity contribution in [1.29, 1.82) is 0 Å². The van der Waals surface area contributed by atoms with Gasteiger partial charge >= 0.3 is 11.7 Å². The first kappa shape index (κ1) is 18.6. The third-order valence-electron chi connectivity index (χ3n) is 4.35. The molecule has 0 bridgehead atoms. The minimum Gasteiger partial charge on any atom is -0.465 e. The van der Waals surface area contributed by atoms with E-state index in [0.29, 0.717) is 16.5 Å². The predicted molar refractivity (Wildman–Crippen MR) is 98.6 cm³/mol. The summed E-state index contributed by atoms with van der Waals surface area (Å²) in [5.74, 6) is 0.470. The fraction of sp³-hybridized carbons (Fsp3) is 0.588. The fourth-order valence-electron chi connectivity index (χ4n) is 2.63. The Morgan fingerprint density at radius 2 is 1.88 bits per heavy atom. The van der Waals surface area contributed by atoms with Crippen LogP contribution < -0.4 is 11.2 Å². The zero-order chi connectivity index (χ0) is 19.2. The molecule has 2 heterocycles. The van der Waals surface area contributed by atoms with E-state index >= 15 is 0 Å². The van der Waals surface area contributed by atoms with E-state index in [1.807, 2.05) is 0 Å². The van der Waals surface area contributed by atoms with E-state index in [-0.39, 0.29) is 23.9 Å². The van der Waals surface area contributed by atoms with E-state index in [0.717, 1.165) is 17.4 Å². The van der Waals surface area contributed by atoms with Crippen LogP contribution in [0.25, 0.3) is 11.0 Å². The largest absolute Gasteiger partial charge is 0.465 e. The standard InChI is InChI=1S/C17H22N4O4S/c1-6-25-15(23)17(2,3)26-13-10-12(18-11(19-13)9-7-8-9)20(4)16(24)21(5)14(10)22/h9H,6-8H2,1-5H3. The van der Waals surface area contributed by atoms with Gasteiger partial charge in [-0.15, -0.1) is 0 Å². The molecule has 1 aliphatic rings. The van der Waals surface area contributed by atoms with Gasteiger partial charge in [0.05, 0.1) is 6.61 Å². The van der Waals surface area contributed by atoms with Gasteiger partial charge in [0.2, 0.25) is 0 Å². The van der Waals surface area contributed by atoms with Crippen LogP contribution in [0.5, 0.6) is 0 Å². The van der Waals surface area contributed by atoms with Crippen LogP contribution in [0.15, 0.2) is 14.6 Å². The van der Waals surface area contributed by atoms with Crippen LogP contribution in [0.2, 0.25) is 0 Å². The number of nitrogens with zero attached hydrogens (tertiary/aromatic N) is 4. The Hall–Kier alpha value is -2.16. The molecule has 0 spiro atoms. The molecule has 2 aromatic rings. The minimum absolute atomic E-state index is 0.239. The van der Waals surface area contributed by atoms with Gasteiger partial charge in [-0.3, -0.25) is 18.7 Å². The first-order valence-corrected chi connectivity index (χ1v) is 9.33. The molecule has 0 amide bonds. The van der Waals surface area contributed by atoms with Crippen molar-refractivity contribution in [3.8, 4) is 0 Å². The van der Waals surface area contributed by atoms with Gasteiger partial charge in [-0.2, -0.15) is 0 Å². The first-order valence-electron chi connectivity index (χ1n) is 8.51. The average Bonchev–Trinajstić information content (AvgIpc) is 3.42. The molecular formula is C17H22N4O4S. The maximum Gasteiger partial charge on any atom is 0.332 e. The van der Waals surface area contributed by atoms with Crippen molar-refractivity contribution in [3.63, 3.8) is 0 Å². The molecular weight excluding hydrogens is 356 g/mol. The zero-order valence-electron chi connectivity index (χ0n) is 15.5. The maximum atomic E-state index is 12.7. The van der Waals surface area contributed by atoms with Crippen molar-refractivity contribution in [2.24, 2.45) is 14.1 Å². The highest BCUT2D eigenvalue weighted by Crippen LogP contribution is 2.41. The summed E-state index contributed by atoms with van der Waals surface area (Å²) in [5, 5.41) is 0.660. The molecule has 0 aliphatic heterocycles. The summed E-state index contributed by atoms with van der Waals surface area (Å²) < 4.78 is 6.59. The summed E-state index contributed by atoms with van der Waals surface area (Å²) in [6.07, 6.45) is 1.96. The van der Waals surface area contributed by atoms with Crippen LogP contribution in [0, 0.1) is 0 Å². The van der Waals surface area contributed by atoms with Crippen molar-refractivity contribution >= 4 is 28.8 Å². The Morgan fingerprint density at radius 1 is 1.23 bits per heavy atom. The van der Waals surface area contributed by atoms with Gasteiger partial charge in [-0.05, 0) is 33.6 Å². The Morgan fingerprint density at radius 3 is 2.46 bits per heavy atom. The number of fused-ring (bicyclic) bond motifs is 1. The van der Waals surface area contributed by atoms with Crippen LogP contribution >= 0.6 is 11.8 Å². The highest BCUT2D eigenvalue weighted by Gasteiger charge is 2.35. The molecule has 8 nitrogen and oxygen atoms in total. The summed E-state index contributed by atoms with van der Waals surface area (Å²) >= 11 is 1.17. The number of hydrogen-bond donors (Lipinski definition) is 0. The zero-order valence-corrected chi connectivity index (χ0v) is 16.3. The van der Waals surface area contributed by atoms with Crippen molar-refractivity contribution in [2.45, 2.75) is 49.3 Å². The van der Waals surface area contributed by atoms with Gasteiger partial charge in [0.15, 0.2) is 5.65 Å². The summed E-state index contributed by atoms with van der Waals surface area (Å²) in [6, 6.07) is 0. The van der Waals surface area contributed by atoms with Gasteiger partial charge in [-0.1, -0.05) is 11.8 Å². The lowest BCUT2D eigenvalue weighted by Gasteiger charge is -2.22. The number of hydrogen-bond acceptors (Lipinski definition) is 7. The average molecular weight is 378 g/mol. The second-order valence-electron chi connectivity index (χ2n) is 6.90. The van der Waals surface area contributed by atoms with E-state index in [1.165, 1.54) is 23.4 Å². The fourth-order valence-corrected chi connectivity index (χ4v) is 3.68. The Kier molecular flexibility index (Phi) is 4.68. The van der Waals surface area contributed by atoms with Crippen LogP contribution in [0.3, 0.4) is 0 Å². The van der Waals surface area contributed by atoms with Crippen molar-refractivity contribution < 1.29 is 9.53 Å². The number of rotatable bonds is 5. The molecule has 9 heteroatoms. The molecule has 1 fully saturated rings.